The number of alkyl halides is 2. The lowest BCUT2D eigenvalue weighted by Crippen LogP contribution is -2.49. The predicted molar refractivity (Wildman–Crippen MR) is 397 cm³/mol. The second-order valence-electron chi connectivity index (χ2n) is 27.2. The van der Waals surface area contributed by atoms with Crippen molar-refractivity contribution >= 4 is 33.5 Å². The lowest BCUT2D eigenvalue weighted by atomic mass is 10.0. The molecule has 3 N–H and O–H groups in total. The number of fused-ring (bicyclic) bond motifs is 1. The number of piperazine rings is 1. The summed E-state index contributed by atoms with van der Waals surface area (Å²) >= 11 is 0. The molecule has 546 valence electrons. The SMILES string of the molecule is CC(=O)Oc1ccc(CCCc2nccc(-c3cccc(OCCN4CCCC4)c3)n2)cc1.CS(=O)(=O)N(CCC1CCCC1)Cc1cccc(-c2ccnc(CCCc3cc(F)cc(F)c3)n2)c1.C[C@H]1CNCCN1Cc1cccc(-c2ccnc(NCCc3ccc4c(c3)C(F)(F)C(=O)N4)n2)c1. The Hall–Kier alpha value is -9.39. The predicted octanol–water partition coefficient (Wildman–Crippen LogP) is 14.3. The van der Waals surface area contributed by atoms with E-state index in [9.17, 15) is 35.6 Å². The zero-order chi connectivity index (χ0) is 72.8. The van der Waals surface area contributed by atoms with Crippen LogP contribution >= 0.6 is 0 Å². The van der Waals surface area contributed by atoms with E-state index < -0.39 is 33.5 Å². The molecule has 0 radical (unpaired) electrons. The highest BCUT2D eigenvalue weighted by Crippen LogP contribution is 2.41. The van der Waals surface area contributed by atoms with Gasteiger partial charge in [0.2, 0.25) is 16.0 Å². The van der Waals surface area contributed by atoms with Crippen molar-refractivity contribution < 1.29 is 45.0 Å². The van der Waals surface area contributed by atoms with Crippen LogP contribution in [0.4, 0.5) is 29.2 Å². The van der Waals surface area contributed by atoms with E-state index >= 15 is 0 Å². The van der Waals surface area contributed by atoms with Gasteiger partial charge < -0.3 is 25.4 Å². The van der Waals surface area contributed by atoms with Crippen LogP contribution in [0.2, 0.25) is 0 Å². The lowest BCUT2D eigenvalue weighted by Gasteiger charge is -2.33. The Morgan fingerprint density at radius 3 is 1.93 bits per heavy atom. The number of nitrogens with zero attached hydrogens (tertiary/aromatic N) is 9. The Labute approximate surface area is 607 Å². The smallest absolute Gasteiger partial charge is 0.352 e. The number of aromatic nitrogens is 6. The van der Waals surface area contributed by atoms with Crippen molar-refractivity contribution in [2.75, 3.05) is 75.9 Å². The third kappa shape index (κ3) is 22.6. The fraction of sp³-hybridized carbons (Fsp3) is 0.383. The zero-order valence-electron chi connectivity index (χ0n) is 59.4. The third-order valence-electron chi connectivity index (χ3n) is 19.1. The Bertz CT molecular complexity index is 4430. The Balaban J connectivity index is 0.000000156. The van der Waals surface area contributed by atoms with Gasteiger partial charge in [-0.3, -0.25) is 19.4 Å². The maximum atomic E-state index is 14.0. The van der Waals surface area contributed by atoms with Gasteiger partial charge in [0.15, 0.2) is 0 Å². The summed E-state index contributed by atoms with van der Waals surface area (Å²) in [4.78, 5) is 54.6. The Morgan fingerprint density at radius 1 is 0.654 bits per heavy atom. The molecule has 4 aliphatic rings. The molecule has 0 bridgehead atoms. The summed E-state index contributed by atoms with van der Waals surface area (Å²) < 4.78 is 92.4. The highest BCUT2D eigenvalue weighted by Gasteiger charge is 2.48. The van der Waals surface area contributed by atoms with E-state index in [0.717, 1.165) is 115 Å². The summed E-state index contributed by atoms with van der Waals surface area (Å²) in [5, 5.41) is 8.82. The fourth-order valence-corrected chi connectivity index (χ4v) is 14.3. The number of amides is 1. The number of nitrogens with one attached hydrogen (secondary N) is 3. The molecule has 3 fully saturated rings. The van der Waals surface area contributed by atoms with Crippen LogP contribution in [-0.4, -0.2) is 136 Å². The van der Waals surface area contributed by atoms with Gasteiger partial charge in [0.05, 0.1) is 34.6 Å². The van der Waals surface area contributed by atoms with Crippen LogP contribution in [-0.2, 0) is 70.7 Å². The van der Waals surface area contributed by atoms with E-state index in [0.29, 0.717) is 92.5 Å². The number of carbonyl (C=O) groups is 2. The summed E-state index contributed by atoms with van der Waals surface area (Å²) in [5.41, 5.74) is 10.0. The van der Waals surface area contributed by atoms with E-state index in [-0.39, 0.29) is 17.2 Å². The molecule has 9 aromatic rings. The van der Waals surface area contributed by atoms with Gasteiger partial charge in [-0.25, -0.2) is 47.1 Å². The van der Waals surface area contributed by atoms with Crippen LogP contribution in [0, 0.1) is 17.6 Å². The largest absolute Gasteiger partial charge is 0.492 e. The van der Waals surface area contributed by atoms with Gasteiger partial charge in [0, 0.05) is 120 Å². The number of aryl methyl sites for hydroxylation is 4. The second kappa shape index (κ2) is 36.8. The number of halogens is 4. The third-order valence-corrected chi connectivity index (χ3v) is 20.4. The molecule has 1 aliphatic carbocycles. The van der Waals surface area contributed by atoms with Crippen molar-refractivity contribution in [1.29, 1.82) is 0 Å². The van der Waals surface area contributed by atoms with Crippen molar-refractivity contribution in [3.63, 3.8) is 0 Å². The molecule has 2 saturated heterocycles. The van der Waals surface area contributed by atoms with Crippen LogP contribution in [0.1, 0.15) is 117 Å². The molecule has 23 heteroatoms. The van der Waals surface area contributed by atoms with Crippen molar-refractivity contribution in [3.8, 4) is 45.3 Å². The first-order valence-corrected chi connectivity index (χ1v) is 38.0. The first kappa shape index (κ1) is 75.8. The van der Waals surface area contributed by atoms with Crippen LogP contribution in [0.3, 0.4) is 0 Å². The quantitative estimate of drug-likeness (QED) is 0.0237. The van der Waals surface area contributed by atoms with Gasteiger partial charge in [-0.1, -0.05) is 92.4 Å². The molecule has 6 heterocycles. The van der Waals surface area contributed by atoms with Gasteiger partial charge in [0.1, 0.15) is 41.4 Å². The number of anilines is 2. The lowest BCUT2D eigenvalue weighted by molar-refractivity contribution is -0.139. The molecule has 0 spiro atoms. The van der Waals surface area contributed by atoms with E-state index in [1.165, 1.54) is 100 Å². The number of carbonyl (C=O) groups excluding carboxylic acids is 2. The molecule has 1 saturated carbocycles. The van der Waals surface area contributed by atoms with Crippen LogP contribution in [0.25, 0.3) is 33.8 Å². The minimum Gasteiger partial charge on any atom is -0.492 e. The topological polar surface area (TPSA) is 210 Å². The summed E-state index contributed by atoms with van der Waals surface area (Å²) in [6.45, 7) is 13.0. The summed E-state index contributed by atoms with van der Waals surface area (Å²) in [6.07, 6.45) is 19.8. The molecule has 18 nitrogen and oxygen atoms in total. The standard InChI is InChI=1S/C28H33F2N3O2S.C27H31N3O3.C26H28F2N6O/c1-36(34,35)33(15-13-21-6-2-3-7-21)20-23-9-4-10-24(16-23)27-12-14-31-28(32-27)11-5-8-22-17-25(29)19-26(30)18-22;1-21(31)33-24-12-10-22(11-13-24)6-4-9-27-28-15-14-26(29-27)23-7-5-8-25(20-23)32-19-18-30-16-2-3-17-30;1-17-15-29-11-12-34(17)16-19-3-2-4-20(13-19)22-8-10-31-25(33-22)30-9-7-18-5-6-23-21(14-18)26(27,28)24(35)32-23/h4,9-10,12,14,16-19,21H,2-3,5-8,11,13,15,20H2,1H3;5,7-8,10-15,20H,2-4,6,9,16-19H2,1H3;2-6,8,10,13-14,17,29H,7,9,11-12,15-16H2,1H3,(H,32,35)(H,30,31,33)/t;;17-/m..0/s1. The van der Waals surface area contributed by atoms with Crippen LogP contribution in [0.5, 0.6) is 11.5 Å². The fourth-order valence-electron chi connectivity index (χ4n) is 13.5. The van der Waals surface area contributed by atoms with Crippen molar-refractivity contribution in [1.82, 2.24) is 49.3 Å². The van der Waals surface area contributed by atoms with Crippen LogP contribution in [0.15, 0.2) is 170 Å². The zero-order valence-corrected chi connectivity index (χ0v) is 60.2. The highest BCUT2D eigenvalue weighted by molar-refractivity contribution is 7.88. The monoisotopic (exact) mass is 1440 g/mol. The normalized spacial score (nSPS) is 15.9. The van der Waals surface area contributed by atoms with Gasteiger partial charge in [-0.15, -0.1) is 0 Å². The maximum absolute atomic E-state index is 14.0. The number of esters is 1. The first-order valence-electron chi connectivity index (χ1n) is 36.1. The number of sulfonamides is 1. The van der Waals surface area contributed by atoms with E-state index in [1.54, 1.807) is 22.8 Å². The first-order chi connectivity index (χ1) is 50.3. The molecular formula is C81H92F4N12O6S. The Kier molecular flexibility index (Phi) is 26.8. The van der Waals surface area contributed by atoms with E-state index in [4.69, 9.17) is 14.5 Å². The van der Waals surface area contributed by atoms with Crippen molar-refractivity contribution in [2.24, 2.45) is 5.92 Å². The molecule has 3 aromatic heterocycles. The van der Waals surface area contributed by atoms with Crippen molar-refractivity contribution in [2.45, 2.75) is 129 Å². The maximum Gasteiger partial charge on any atom is 0.352 e. The van der Waals surface area contributed by atoms with Gasteiger partial charge in [-0.2, -0.15) is 13.1 Å². The van der Waals surface area contributed by atoms with Gasteiger partial charge in [-0.05, 0) is 184 Å². The molecule has 1 amide bonds. The average molecular weight is 1440 g/mol. The Morgan fingerprint density at radius 2 is 1.27 bits per heavy atom. The summed E-state index contributed by atoms with van der Waals surface area (Å²) in [5.74, 6) is -2.17. The molecule has 104 heavy (non-hydrogen) atoms. The highest BCUT2D eigenvalue weighted by atomic mass is 32.2. The van der Waals surface area contributed by atoms with E-state index in [2.05, 4.69) is 87.9 Å². The minimum atomic E-state index is -3.49. The number of benzene rings is 6. The van der Waals surface area contributed by atoms with E-state index in [1.807, 2.05) is 91.1 Å². The number of hydrogen-bond acceptors (Lipinski definition) is 16. The molecule has 0 unspecified atom stereocenters. The number of hydrogen-bond donors (Lipinski definition) is 3. The molecular weight excluding hydrogens is 1350 g/mol. The second-order valence-corrected chi connectivity index (χ2v) is 29.2. The minimum absolute atomic E-state index is 0.168. The molecule has 6 aromatic carbocycles. The summed E-state index contributed by atoms with van der Waals surface area (Å²) in [6, 6.07) is 46.3. The van der Waals surface area contributed by atoms with Gasteiger partial charge in [0.25, 0.3) is 5.91 Å². The van der Waals surface area contributed by atoms with Crippen LogP contribution < -0.4 is 25.4 Å². The van der Waals surface area contributed by atoms with Gasteiger partial charge >= 0.3 is 11.9 Å². The molecule has 1 atom stereocenters. The number of likely N-dealkylation sites (tertiary alicyclic amines) is 1. The van der Waals surface area contributed by atoms with Crippen molar-refractivity contribution in [3.05, 3.63) is 227 Å². The number of ether oxygens (including phenoxy) is 2. The molecule has 13 rings (SSSR count). The summed E-state index contributed by atoms with van der Waals surface area (Å²) in [7, 11) is -3.32. The average Bonchev–Trinajstić information content (AvgIpc) is 1.62. The number of rotatable bonds is 28. The molecule has 3 aliphatic heterocycles.